The first-order valence-electron chi connectivity index (χ1n) is 9.37. The second-order valence-corrected chi connectivity index (χ2v) is 7.40. The maximum Gasteiger partial charge on any atom is 0.153 e. The van der Waals surface area contributed by atoms with E-state index in [1.807, 2.05) is 43.3 Å². The molecule has 0 spiro atoms. The molecule has 5 unspecified atom stereocenters. The van der Waals surface area contributed by atoms with Crippen molar-refractivity contribution in [1.82, 2.24) is 0 Å². The van der Waals surface area contributed by atoms with Crippen LogP contribution in [0.2, 0.25) is 5.02 Å². The van der Waals surface area contributed by atoms with Crippen molar-refractivity contribution in [2.24, 2.45) is 0 Å². The zero-order chi connectivity index (χ0) is 19.7. The maximum absolute atomic E-state index is 10.6. The SMILES string of the molecule is CCOc1ccc(Cc2cc(C3OC(CO)C4OOC4C3O)ccc2Cl)cc1. The van der Waals surface area contributed by atoms with E-state index in [1.54, 1.807) is 6.07 Å². The minimum absolute atomic E-state index is 0.208. The normalized spacial score (nSPS) is 29.1. The fraction of sp³-hybridized carbons (Fsp3) is 0.429. The van der Waals surface area contributed by atoms with Gasteiger partial charge in [0.1, 0.15) is 24.1 Å². The van der Waals surface area contributed by atoms with Crippen LogP contribution >= 0.6 is 11.6 Å². The van der Waals surface area contributed by atoms with E-state index in [1.165, 1.54) is 0 Å². The number of benzene rings is 2. The highest BCUT2D eigenvalue weighted by Crippen LogP contribution is 2.40. The summed E-state index contributed by atoms with van der Waals surface area (Å²) in [4.78, 5) is 10.00. The quantitative estimate of drug-likeness (QED) is 0.718. The van der Waals surface area contributed by atoms with Crippen LogP contribution in [0, 0.1) is 0 Å². The molecule has 0 radical (unpaired) electrons. The highest BCUT2D eigenvalue weighted by atomic mass is 35.5. The Balaban J connectivity index is 1.55. The van der Waals surface area contributed by atoms with Gasteiger partial charge in [0.05, 0.1) is 13.2 Å². The van der Waals surface area contributed by atoms with Crippen LogP contribution in [-0.2, 0) is 20.9 Å². The summed E-state index contributed by atoms with van der Waals surface area (Å²) in [5.41, 5.74) is 2.80. The fourth-order valence-electron chi connectivity index (χ4n) is 3.65. The number of hydrogen-bond donors (Lipinski definition) is 2. The zero-order valence-electron chi connectivity index (χ0n) is 15.5. The third-order valence-electron chi connectivity index (χ3n) is 5.14. The molecule has 150 valence electrons. The van der Waals surface area contributed by atoms with Gasteiger partial charge in [-0.05, 0) is 48.2 Å². The Morgan fingerprint density at radius 3 is 2.46 bits per heavy atom. The van der Waals surface area contributed by atoms with Gasteiger partial charge in [-0.1, -0.05) is 35.9 Å². The molecule has 0 aromatic heterocycles. The lowest BCUT2D eigenvalue weighted by Gasteiger charge is -2.48. The lowest BCUT2D eigenvalue weighted by atomic mass is 9.89. The average Bonchev–Trinajstić information content (AvgIpc) is 2.67. The third-order valence-corrected chi connectivity index (χ3v) is 5.51. The molecule has 2 fully saturated rings. The monoisotopic (exact) mass is 406 g/mol. The molecule has 2 aliphatic heterocycles. The van der Waals surface area contributed by atoms with Crippen LogP contribution in [0.1, 0.15) is 29.7 Å². The van der Waals surface area contributed by atoms with Gasteiger partial charge in [0.25, 0.3) is 0 Å². The first-order valence-corrected chi connectivity index (χ1v) is 9.75. The Hall–Kier alpha value is -1.67. The van der Waals surface area contributed by atoms with E-state index < -0.39 is 30.5 Å². The van der Waals surface area contributed by atoms with E-state index in [0.717, 1.165) is 22.4 Å². The van der Waals surface area contributed by atoms with Crippen molar-refractivity contribution in [1.29, 1.82) is 0 Å². The van der Waals surface area contributed by atoms with Crippen LogP contribution in [0.25, 0.3) is 0 Å². The van der Waals surface area contributed by atoms with Gasteiger partial charge in [-0.25, -0.2) is 9.78 Å². The van der Waals surface area contributed by atoms with E-state index in [0.29, 0.717) is 18.1 Å². The van der Waals surface area contributed by atoms with Gasteiger partial charge in [0.2, 0.25) is 0 Å². The molecule has 2 aliphatic rings. The Labute approximate surface area is 168 Å². The summed E-state index contributed by atoms with van der Waals surface area (Å²) in [7, 11) is 0. The molecule has 0 aliphatic carbocycles. The molecular weight excluding hydrogens is 384 g/mol. The average molecular weight is 407 g/mol. The van der Waals surface area contributed by atoms with Crippen molar-refractivity contribution in [3.63, 3.8) is 0 Å². The molecule has 0 saturated carbocycles. The molecule has 6 nitrogen and oxygen atoms in total. The van der Waals surface area contributed by atoms with Crippen LogP contribution in [0.15, 0.2) is 42.5 Å². The molecule has 5 atom stereocenters. The van der Waals surface area contributed by atoms with E-state index in [4.69, 9.17) is 30.8 Å². The molecular formula is C21H23ClO6. The van der Waals surface area contributed by atoms with Crippen LogP contribution in [-0.4, -0.2) is 47.8 Å². The van der Waals surface area contributed by atoms with E-state index in [2.05, 4.69) is 0 Å². The zero-order valence-corrected chi connectivity index (χ0v) is 16.2. The molecule has 2 saturated heterocycles. The third kappa shape index (κ3) is 3.76. The van der Waals surface area contributed by atoms with E-state index in [-0.39, 0.29) is 6.61 Å². The predicted molar refractivity (Wildman–Crippen MR) is 102 cm³/mol. The summed E-state index contributed by atoms with van der Waals surface area (Å²) in [5.74, 6) is 0.831. The molecule has 4 rings (SSSR count). The number of ether oxygens (including phenoxy) is 2. The number of fused-ring (bicyclic) bond motifs is 1. The van der Waals surface area contributed by atoms with Crippen LogP contribution in [0.5, 0.6) is 5.75 Å². The molecule has 2 aromatic carbocycles. The number of rotatable bonds is 6. The lowest BCUT2D eigenvalue weighted by Crippen LogP contribution is -2.63. The Bertz CT molecular complexity index is 807. The molecule has 28 heavy (non-hydrogen) atoms. The van der Waals surface area contributed by atoms with Gasteiger partial charge in [-0.3, -0.25) is 0 Å². The van der Waals surface area contributed by atoms with Crippen molar-refractivity contribution in [3.05, 3.63) is 64.2 Å². The largest absolute Gasteiger partial charge is 0.494 e. The molecule has 7 heteroatoms. The van der Waals surface area contributed by atoms with Crippen molar-refractivity contribution in [2.75, 3.05) is 13.2 Å². The molecule has 2 N–H and O–H groups in total. The Kier molecular flexibility index (Phi) is 5.87. The smallest absolute Gasteiger partial charge is 0.153 e. The minimum Gasteiger partial charge on any atom is -0.494 e. The first kappa shape index (κ1) is 19.6. The van der Waals surface area contributed by atoms with E-state index >= 15 is 0 Å². The lowest BCUT2D eigenvalue weighted by molar-refractivity contribution is -0.511. The van der Waals surface area contributed by atoms with Crippen molar-refractivity contribution < 1.29 is 29.5 Å². The predicted octanol–water partition coefficient (Wildman–Crippen LogP) is 2.82. The summed E-state index contributed by atoms with van der Waals surface area (Å²) in [6.07, 6.45) is -2.39. The van der Waals surface area contributed by atoms with Crippen LogP contribution < -0.4 is 4.74 Å². The molecule has 2 heterocycles. The Morgan fingerprint density at radius 1 is 1.07 bits per heavy atom. The first-order chi connectivity index (χ1) is 13.6. The van der Waals surface area contributed by atoms with Gasteiger partial charge in [0.15, 0.2) is 12.2 Å². The van der Waals surface area contributed by atoms with Gasteiger partial charge in [-0.15, -0.1) is 0 Å². The van der Waals surface area contributed by atoms with Gasteiger partial charge >= 0.3 is 0 Å². The fourth-order valence-corrected chi connectivity index (χ4v) is 3.83. The maximum atomic E-state index is 10.6. The summed E-state index contributed by atoms with van der Waals surface area (Å²) < 4.78 is 11.4. The molecule has 0 amide bonds. The van der Waals surface area contributed by atoms with Crippen LogP contribution in [0.4, 0.5) is 0 Å². The number of aliphatic hydroxyl groups excluding tert-OH is 2. The number of halogens is 1. The van der Waals surface area contributed by atoms with Crippen molar-refractivity contribution in [2.45, 2.75) is 43.9 Å². The van der Waals surface area contributed by atoms with Gasteiger partial charge in [0, 0.05) is 5.02 Å². The number of hydrogen-bond acceptors (Lipinski definition) is 6. The highest BCUT2D eigenvalue weighted by Gasteiger charge is 2.54. The second-order valence-electron chi connectivity index (χ2n) is 6.99. The van der Waals surface area contributed by atoms with E-state index in [9.17, 15) is 10.2 Å². The standard InChI is InChI=1S/C21H23ClO6/c1-2-25-15-6-3-12(4-7-15)9-14-10-13(5-8-16(14)22)19-18(24)21-20(27-28-21)17(11-23)26-19/h3-8,10,17-21,23-24H,2,9,11H2,1H3. The van der Waals surface area contributed by atoms with Crippen molar-refractivity contribution >= 4 is 11.6 Å². The summed E-state index contributed by atoms with van der Waals surface area (Å²) in [5, 5.41) is 20.8. The van der Waals surface area contributed by atoms with Crippen molar-refractivity contribution in [3.8, 4) is 5.75 Å². The summed E-state index contributed by atoms with van der Waals surface area (Å²) >= 11 is 6.41. The molecule has 2 aromatic rings. The Morgan fingerprint density at radius 2 is 1.82 bits per heavy atom. The molecule has 0 bridgehead atoms. The minimum atomic E-state index is -0.888. The number of aliphatic hydroxyl groups is 2. The van der Waals surface area contributed by atoms with Crippen LogP contribution in [0.3, 0.4) is 0 Å². The van der Waals surface area contributed by atoms with Gasteiger partial charge in [-0.2, -0.15) is 0 Å². The highest BCUT2D eigenvalue weighted by molar-refractivity contribution is 6.31. The second kappa shape index (κ2) is 8.37. The topological polar surface area (TPSA) is 77.4 Å². The summed E-state index contributed by atoms with van der Waals surface area (Å²) in [6.45, 7) is 2.37. The summed E-state index contributed by atoms with van der Waals surface area (Å²) in [6, 6.07) is 13.4. The van der Waals surface area contributed by atoms with Gasteiger partial charge < -0.3 is 19.7 Å².